The van der Waals surface area contributed by atoms with E-state index in [1.807, 2.05) is 0 Å². The highest BCUT2D eigenvalue weighted by molar-refractivity contribution is 7.92. The molecule has 2 rings (SSSR count). The van der Waals surface area contributed by atoms with Gasteiger partial charge in [-0.05, 0) is 44.5 Å². The van der Waals surface area contributed by atoms with Gasteiger partial charge in [0.2, 0.25) is 21.8 Å². The summed E-state index contributed by atoms with van der Waals surface area (Å²) in [6.45, 7) is 4.35. The van der Waals surface area contributed by atoms with Crippen molar-refractivity contribution in [2.75, 3.05) is 31.3 Å². The molecule has 2 amide bonds. The Morgan fingerprint density at radius 2 is 1.76 bits per heavy atom. The minimum atomic E-state index is -4.11. The van der Waals surface area contributed by atoms with Crippen molar-refractivity contribution in [1.29, 1.82) is 0 Å². The average molecular weight is 537 g/mol. The van der Waals surface area contributed by atoms with E-state index >= 15 is 0 Å². The highest BCUT2D eigenvalue weighted by atomic mass is 32.2. The topological polar surface area (TPSA) is 148 Å². The number of methoxy groups -OCH3 is 2. The number of anilines is 1. The molecule has 0 aliphatic heterocycles. The number of benzene rings is 2. The number of carbonyl (C=O) groups is 2. The van der Waals surface area contributed by atoms with Crippen molar-refractivity contribution < 1.29 is 32.4 Å². The maximum absolute atomic E-state index is 13.6. The smallest absolute Gasteiger partial charge is 0.271 e. The number of nitro groups is 1. The number of rotatable bonds is 12. The van der Waals surface area contributed by atoms with Gasteiger partial charge in [-0.1, -0.05) is 12.1 Å². The summed E-state index contributed by atoms with van der Waals surface area (Å²) in [5, 5.41) is 14.1. The second-order valence-corrected chi connectivity index (χ2v) is 10.5. The fourth-order valence-electron chi connectivity index (χ4n) is 3.54. The molecule has 2 aromatic carbocycles. The largest absolute Gasteiger partial charge is 0.497 e. The summed E-state index contributed by atoms with van der Waals surface area (Å²) in [6, 6.07) is 9.19. The number of sulfonamides is 1. The van der Waals surface area contributed by atoms with Crippen molar-refractivity contribution in [3.8, 4) is 11.5 Å². The highest BCUT2D eigenvalue weighted by Crippen LogP contribution is 2.34. The standard InChI is InChI=1S/C24H32N4O8S/c1-16(2)25-24(30)17(3)26(14-18-8-7-9-20(12-18)35-4)23(29)15-27(37(6,33)34)21-13-19(28(31)32)10-11-22(21)36-5/h7-13,16-17H,14-15H2,1-6H3,(H,25,30)/t17-/m0/s1. The molecule has 0 saturated heterocycles. The molecule has 0 spiro atoms. The highest BCUT2D eigenvalue weighted by Gasteiger charge is 2.32. The van der Waals surface area contributed by atoms with Crippen LogP contribution in [0.1, 0.15) is 26.3 Å². The number of hydrogen-bond donors (Lipinski definition) is 1. The Hall–Kier alpha value is -3.87. The SMILES string of the molecule is COc1cccc(CN(C(=O)CN(c2cc([N+](=O)[O-])ccc2OC)S(C)(=O)=O)[C@@H](C)C(=O)NC(C)C)c1. The zero-order valence-corrected chi connectivity index (χ0v) is 22.4. The second kappa shape index (κ2) is 12.4. The Bertz CT molecular complexity index is 1250. The number of amides is 2. The van der Waals surface area contributed by atoms with Crippen molar-refractivity contribution in [2.45, 2.75) is 39.4 Å². The maximum Gasteiger partial charge on any atom is 0.271 e. The van der Waals surface area contributed by atoms with Crippen LogP contribution in [-0.2, 0) is 26.2 Å². The van der Waals surface area contributed by atoms with Crippen LogP contribution in [0.2, 0.25) is 0 Å². The van der Waals surface area contributed by atoms with E-state index in [9.17, 15) is 28.1 Å². The van der Waals surface area contributed by atoms with Crippen LogP contribution in [0, 0.1) is 10.1 Å². The Morgan fingerprint density at radius 1 is 1.08 bits per heavy atom. The number of nitro benzene ring substituents is 1. The molecule has 202 valence electrons. The predicted octanol–water partition coefficient (Wildman–Crippen LogP) is 2.32. The Balaban J connectivity index is 2.53. The molecular weight excluding hydrogens is 504 g/mol. The normalized spacial score (nSPS) is 12.0. The van der Waals surface area contributed by atoms with E-state index in [1.165, 1.54) is 32.1 Å². The van der Waals surface area contributed by atoms with Crippen LogP contribution >= 0.6 is 0 Å². The van der Waals surface area contributed by atoms with Crippen molar-refractivity contribution in [3.63, 3.8) is 0 Å². The van der Waals surface area contributed by atoms with Crippen LogP contribution in [-0.4, -0.2) is 69.2 Å². The van der Waals surface area contributed by atoms with Gasteiger partial charge in [-0.2, -0.15) is 0 Å². The number of nitrogens with zero attached hydrogens (tertiary/aromatic N) is 3. The van der Waals surface area contributed by atoms with E-state index in [0.717, 1.165) is 22.7 Å². The van der Waals surface area contributed by atoms with Gasteiger partial charge in [0, 0.05) is 24.7 Å². The lowest BCUT2D eigenvalue weighted by atomic mass is 10.1. The number of nitrogens with one attached hydrogen (secondary N) is 1. The molecule has 13 heteroatoms. The van der Waals surface area contributed by atoms with Crippen LogP contribution in [0.25, 0.3) is 0 Å². The molecule has 0 aromatic heterocycles. The first-order valence-corrected chi connectivity index (χ1v) is 13.2. The molecule has 1 N–H and O–H groups in total. The molecule has 0 fully saturated rings. The van der Waals surface area contributed by atoms with Crippen LogP contribution in [0.4, 0.5) is 11.4 Å². The fraction of sp³-hybridized carbons (Fsp3) is 0.417. The number of hydrogen-bond acceptors (Lipinski definition) is 8. The summed E-state index contributed by atoms with van der Waals surface area (Å²) < 4.78 is 36.7. The molecule has 0 saturated carbocycles. The fourth-order valence-corrected chi connectivity index (χ4v) is 4.38. The summed E-state index contributed by atoms with van der Waals surface area (Å²) >= 11 is 0. The van der Waals surface area contributed by atoms with Gasteiger partial charge in [0.1, 0.15) is 29.8 Å². The quantitative estimate of drug-likeness (QED) is 0.321. The third kappa shape index (κ3) is 7.81. The number of ether oxygens (including phenoxy) is 2. The minimum Gasteiger partial charge on any atom is -0.497 e. The molecule has 0 radical (unpaired) electrons. The number of carbonyl (C=O) groups excluding carboxylic acids is 2. The zero-order valence-electron chi connectivity index (χ0n) is 21.6. The first kappa shape index (κ1) is 29.4. The Kier molecular flexibility index (Phi) is 9.83. The third-order valence-corrected chi connectivity index (χ3v) is 6.53. The van der Waals surface area contributed by atoms with Gasteiger partial charge in [-0.25, -0.2) is 8.42 Å². The molecule has 37 heavy (non-hydrogen) atoms. The molecule has 12 nitrogen and oxygen atoms in total. The van der Waals surface area contributed by atoms with E-state index in [2.05, 4.69) is 5.32 Å². The first-order chi connectivity index (χ1) is 17.3. The summed E-state index contributed by atoms with van der Waals surface area (Å²) in [5.41, 5.74) is 0.0960. The van der Waals surface area contributed by atoms with Crippen LogP contribution in [0.5, 0.6) is 11.5 Å². The van der Waals surface area contributed by atoms with Gasteiger partial charge in [0.05, 0.1) is 25.4 Å². The third-order valence-electron chi connectivity index (χ3n) is 5.41. The molecule has 0 heterocycles. The van der Waals surface area contributed by atoms with Crippen molar-refractivity contribution >= 4 is 33.2 Å². The Labute approximate surface area is 216 Å². The van der Waals surface area contributed by atoms with E-state index in [4.69, 9.17) is 9.47 Å². The maximum atomic E-state index is 13.6. The van der Waals surface area contributed by atoms with Crippen molar-refractivity contribution in [2.24, 2.45) is 0 Å². The van der Waals surface area contributed by atoms with Gasteiger partial charge in [-0.3, -0.25) is 24.0 Å². The van der Waals surface area contributed by atoms with Gasteiger partial charge in [0.25, 0.3) is 5.69 Å². The molecular formula is C24H32N4O8S. The van der Waals surface area contributed by atoms with E-state index in [1.54, 1.807) is 38.1 Å². The average Bonchev–Trinajstić information content (AvgIpc) is 2.83. The predicted molar refractivity (Wildman–Crippen MR) is 138 cm³/mol. The van der Waals surface area contributed by atoms with E-state index in [0.29, 0.717) is 11.3 Å². The molecule has 2 aromatic rings. The molecule has 0 aliphatic carbocycles. The van der Waals surface area contributed by atoms with Crippen molar-refractivity contribution in [3.05, 3.63) is 58.1 Å². The minimum absolute atomic E-state index is 0.0214. The van der Waals surface area contributed by atoms with Gasteiger partial charge in [0.15, 0.2) is 0 Å². The van der Waals surface area contributed by atoms with Crippen LogP contribution < -0.4 is 19.1 Å². The molecule has 0 bridgehead atoms. The summed E-state index contributed by atoms with van der Waals surface area (Å²) in [5.74, 6) is -0.560. The lowest BCUT2D eigenvalue weighted by Gasteiger charge is -2.32. The second-order valence-electron chi connectivity index (χ2n) is 8.60. The molecule has 0 unspecified atom stereocenters. The zero-order chi connectivity index (χ0) is 27.9. The molecule has 0 aliphatic rings. The van der Waals surface area contributed by atoms with E-state index in [-0.39, 0.29) is 29.7 Å². The van der Waals surface area contributed by atoms with Gasteiger partial charge in [-0.15, -0.1) is 0 Å². The summed E-state index contributed by atoms with van der Waals surface area (Å²) in [7, 11) is -1.33. The first-order valence-electron chi connectivity index (χ1n) is 11.3. The van der Waals surface area contributed by atoms with Crippen LogP contribution in [0.15, 0.2) is 42.5 Å². The number of non-ortho nitro benzene ring substituents is 1. The monoisotopic (exact) mass is 536 g/mol. The Morgan fingerprint density at radius 3 is 2.30 bits per heavy atom. The van der Waals surface area contributed by atoms with Gasteiger partial charge < -0.3 is 19.7 Å². The summed E-state index contributed by atoms with van der Waals surface area (Å²) in [4.78, 5) is 38.3. The molecule has 1 atom stereocenters. The summed E-state index contributed by atoms with van der Waals surface area (Å²) in [6.07, 6.45) is 0.875. The lowest BCUT2D eigenvalue weighted by molar-refractivity contribution is -0.384. The van der Waals surface area contributed by atoms with Crippen LogP contribution in [0.3, 0.4) is 0 Å². The lowest BCUT2D eigenvalue weighted by Crippen LogP contribution is -2.52. The van der Waals surface area contributed by atoms with Crippen molar-refractivity contribution in [1.82, 2.24) is 10.2 Å². The van der Waals surface area contributed by atoms with E-state index < -0.39 is 39.3 Å². The van der Waals surface area contributed by atoms with Gasteiger partial charge >= 0.3 is 0 Å².